The van der Waals surface area contributed by atoms with Crippen LogP contribution >= 0.6 is 0 Å². The molecule has 0 saturated carbocycles. The number of ether oxygens (including phenoxy) is 1. The molecule has 0 bridgehead atoms. The maximum atomic E-state index is 5.56. The minimum Gasteiger partial charge on any atom is -0.378 e. The number of rotatable bonds is 7. The fourth-order valence-electron chi connectivity index (χ4n) is 2.59. The number of aromatic nitrogens is 1. The molecule has 2 heterocycles. The van der Waals surface area contributed by atoms with Crippen molar-refractivity contribution in [3.63, 3.8) is 0 Å². The van der Waals surface area contributed by atoms with Gasteiger partial charge in [0, 0.05) is 25.7 Å². The van der Waals surface area contributed by atoms with E-state index < -0.39 is 0 Å². The fourth-order valence-corrected chi connectivity index (χ4v) is 2.59. The standard InChI is InChI=1S/C16H27N3O/c1-3-8-17-11-14-6-5-7-15(18-14)12-19-9-10-20-13-16(19)4-2/h5-7,16-17H,3-4,8-13H2,1-2H3. The van der Waals surface area contributed by atoms with Crippen molar-refractivity contribution in [2.75, 3.05) is 26.3 Å². The Morgan fingerprint density at radius 2 is 2.20 bits per heavy atom. The molecule has 0 aromatic carbocycles. The average Bonchev–Trinajstić information content (AvgIpc) is 2.48. The van der Waals surface area contributed by atoms with Crippen molar-refractivity contribution in [2.45, 2.75) is 45.8 Å². The SMILES string of the molecule is CCCNCc1cccc(CN2CCOCC2CC)n1. The van der Waals surface area contributed by atoms with Gasteiger partial charge in [0.05, 0.1) is 24.6 Å². The van der Waals surface area contributed by atoms with Crippen molar-refractivity contribution >= 4 is 0 Å². The molecule has 112 valence electrons. The van der Waals surface area contributed by atoms with Crippen LogP contribution in [0.25, 0.3) is 0 Å². The average molecular weight is 277 g/mol. The normalized spacial score (nSPS) is 20.2. The molecule has 1 aliphatic rings. The molecule has 1 N–H and O–H groups in total. The second-order valence-electron chi connectivity index (χ2n) is 5.40. The van der Waals surface area contributed by atoms with Crippen LogP contribution in [0, 0.1) is 0 Å². The van der Waals surface area contributed by atoms with Crippen molar-refractivity contribution in [3.8, 4) is 0 Å². The number of pyridine rings is 1. The summed E-state index contributed by atoms with van der Waals surface area (Å²) in [5.41, 5.74) is 2.30. The summed E-state index contributed by atoms with van der Waals surface area (Å²) < 4.78 is 5.56. The van der Waals surface area contributed by atoms with Gasteiger partial charge in [0.25, 0.3) is 0 Å². The van der Waals surface area contributed by atoms with Crippen LogP contribution in [0.3, 0.4) is 0 Å². The Kier molecular flexibility index (Phi) is 6.43. The zero-order valence-corrected chi connectivity index (χ0v) is 12.8. The third kappa shape index (κ3) is 4.54. The van der Waals surface area contributed by atoms with Gasteiger partial charge in [-0.3, -0.25) is 9.88 Å². The monoisotopic (exact) mass is 277 g/mol. The van der Waals surface area contributed by atoms with E-state index in [9.17, 15) is 0 Å². The molecule has 20 heavy (non-hydrogen) atoms. The first-order valence-electron chi connectivity index (χ1n) is 7.80. The molecule has 0 amide bonds. The molecule has 0 aliphatic carbocycles. The first kappa shape index (κ1) is 15.4. The lowest BCUT2D eigenvalue weighted by atomic mass is 10.1. The molecule has 1 unspecified atom stereocenters. The number of nitrogens with zero attached hydrogens (tertiary/aromatic N) is 2. The summed E-state index contributed by atoms with van der Waals surface area (Å²) in [6.07, 6.45) is 2.30. The molecule has 0 spiro atoms. The molecule has 2 rings (SSSR count). The fraction of sp³-hybridized carbons (Fsp3) is 0.688. The molecule has 1 aromatic heterocycles. The van der Waals surface area contributed by atoms with Crippen LogP contribution in [0.5, 0.6) is 0 Å². The van der Waals surface area contributed by atoms with Crippen molar-refractivity contribution in [2.24, 2.45) is 0 Å². The van der Waals surface area contributed by atoms with E-state index >= 15 is 0 Å². The molecular formula is C16H27N3O. The predicted molar refractivity (Wildman–Crippen MR) is 81.5 cm³/mol. The zero-order valence-electron chi connectivity index (χ0n) is 12.8. The highest BCUT2D eigenvalue weighted by atomic mass is 16.5. The summed E-state index contributed by atoms with van der Waals surface area (Å²) in [7, 11) is 0. The largest absolute Gasteiger partial charge is 0.378 e. The summed E-state index contributed by atoms with van der Waals surface area (Å²) in [6, 6.07) is 6.88. The first-order chi connectivity index (χ1) is 9.83. The molecule has 1 fully saturated rings. The molecule has 4 nitrogen and oxygen atoms in total. The Hall–Kier alpha value is -0.970. The summed E-state index contributed by atoms with van der Waals surface area (Å²) in [5.74, 6) is 0. The van der Waals surface area contributed by atoms with Crippen molar-refractivity contribution in [1.82, 2.24) is 15.2 Å². The van der Waals surface area contributed by atoms with Crippen LogP contribution < -0.4 is 5.32 Å². The molecular weight excluding hydrogens is 250 g/mol. The number of morpholine rings is 1. The van der Waals surface area contributed by atoms with Gasteiger partial charge in [0.15, 0.2) is 0 Å². The van der Waals surface area contributed by atoms with E-state index in [1.54, 1.807) is 0 Å². The van der Waals surface area contributed by atoms with E-state index in [1.807, 2.05) is 0 Å². The van der Waals surface area contributed by atoms with Gasteiger partial charge in [-0.1, -0.05) is 19.9 Å². The summed E-state index contributed by atoms with van der Waals surface area (Å²) >= 11 is 0. The second-order valence-corrected chi connectivity index (χ2v) is 5.40. The third-order valence-electron chi connectivity index (χ3n) is 3.78. The Bertz CT molecular complexity index is 397. The van der Waals surface area contributed by atoms with Gasteiger partial charge >= 0.3 is 0 Å². The van der Waals surface area contributed by atoms with Gasteiger partial charge in [0.2, 0.25) is 0 Å². The molecule has 1 saturated heterocycles. The van der Waals surface area contributed by atoms with Crippen LogP contribution in [0.1, 0.15) is 38.1 Å². The minimum atomic E-state index is 0.535. The van der Waals surface area contributed by atoms with Gasteiger partial charge in [-0.05, 0) is 31.5 Å². The van der Waals surface area contributed by atoms with Crippen molar-refractivity contribution in [1.29, 1.82) is 0 Å². The predicted octanol–water partition coefficient (Wildman–Crippen LogP) is 2.19. The maximum Gasteiger partial charge on any atom is 0.0622 e. The van der Waals surface area contributed by atoms with Crippen LogP contribution in [0.15, 0.2) is 18.2 Å². The lowest BCUT2D eigenvalue weighted by Crippen LogP contribution is -2.44. The Balaban J connectivity index is 1.92. The molecule has 4 heteroatoms. The topological polar surface area (TPSA) is 37.4 Å². The van der Waals surface area contributed by atoms with E-state index in [1.165, 1.54) is 5.69 Å². The molecule has 1 aliphatic heterocycles. The first-order valence-corrected chi connectivity index (χ1v) is 7.80. The van der Waals surface area contributed by atoms with Crippen LogP contribution in [-0.4, -0.2) is 42.2 Å². The van der Waals surface area contributed by atoms with Crippen molar-refractivity contribution in [3.05, 3.63) is 29.6 Å². The van der Waals surface area contributed by atoms with Gasteiger partial charge in [0.1, 0.15) is 0 Å². The number of nitrogens with one attached hydrogen (secondary N) is 1. The van der Waals surface area contributed by atoms with Gasteiger partial charge < -0.3 is 10.1 Å². The molecule has 1 atom stereocenters. The number of hydrogen-bond donors (Lipinski definition) is 1. The van der Waals surface area contributed by atoms with Crippen LogP contribution in [-0.2, 0) is 17.8 Å². The quantitative estimate of drug-likeness (QED) is 0.775. The molecule has 1 aromatic rings. The van der Waals surface area contributed by atoms with Crippen molar-refractivity contribution < 1.29 is 4.74 Å². The smallest absolute Gasteiger partial charge is 0.0622 e. The Labute approximate surface area is 122 Å². The van der Waals surface area contributed by atoms with Gasteiger partial charge in [-0.2, -0.15) is 0 Å². The zero-order chi connectivity index (χ0) is 14.2. The second kappa shape index (κ2) is 8.35. The van der Waals surface area contributed by atoms with E-state index in [0.29, 0.717) is 6.04 Å². The van der Waals surface area contributed by atoms with Crippen LogP contribution in [0.2, 0.25) is 0 Å². The Morgan fingerprint density at radius 3 is 3.00 bits per heavy atom. The Morgan fingerprint density at radius 1 is 1.35 bits per heavy atom. The lowest BCUT2D eigenvalue weighted by Gasteiger charge is -2.34. The maximum absolute atomic E-state index is 5.56. The number of hydrogen-bond acceptors (Lipinski definition) is 4. The highest BCUT2D eigenvalue weighted by Crippen LogP contribution is 2.13. The van der Waals surface area contributed by atoms with Crippen LogP contribution in [0.4, 0.5) is 0 Å². The third-order valence-corrected chi connectivity index (χ3v) is 3.78. The van der Waals surface area contributed by atoms with E-state index in [4.69, 9.17) is 9.72 Å². The summed E-state index contributed by atoms with van der Waals surface area (Å²) in [6.45, 7) is 9.96. The van der Waals surface area contributed by atoms with E-state index in [-0.39, 0.29) is 0 Å². The summed E-state index contributed by atoms with van der Waals surface area (Å²) in [5, 5.41) is 3.41. The van der Waals surface area contributed by atoms with E-state index in [2.05, 4.69) is 42.3 Å². The lowest BCUT2D eigenvalue weighted by molar-refractivity contribution is -0.0132. The molecule has 0 radical (unpaired) electrons. The highest BCUT2D eigenvalue weighted by Gasteiger charge is 2.21. The van der Waals surface area contributed by atoms with E-state index in [0.717, 1.165) is 57.9 Å². The van der Waals surface area contributed by atoms with Gasteiger partial charge in [-0.15, -0.1) is 0 Å². The summed E-state index contributed by atoms with van der Waals surface area (Å²) in [4.78, 5) is 7.26. The minimum absolute atomic E-state index is 0.535. The van der Waals surface area contributed by atoms with Gasteiger partial charge in [-0.25, -0.2) is 0 Å². The highest BCUT2D eigenvalue weighted by molar-refractivity contribution is 5.11.